The standard InChI is InChI=1S/C28H32FN3O4S/c1-20(2)30-28(34)22(4)31(18-23-12-8-9-16-26(23)29)27(33)19-32(24-13-10-11-21(3)17-24)37(35,36)25-14-6-5-7-15-25/h5-17,20,22H,18-19H2,1-4H3,(H,30,34). The lowest BCUT2D eigenvalue weighted by Gasteiger charge is -2.32. The molecule has 37 heavy (non-hydrogen) atoms. The van der Waals surface area contributed by atoms with Crippen LogP contribution in [-0.4, -0.2) is 43.8 Å². The molecule has 0 saturated carbocycles. The summed E-state index contributed by atoms with van der Waals surface area (Å²) in [6.07, 6.45) is 0. The molecule has 1 unspecified atom stereocenters. The summed E-state index contributed by atoms with van der Waals surface area (Å²) in [6, 6.07) is 19.4. The molecule has 0 radical (unpaired) electrons. The Morgan fingerprint density at radius 1 is 0.919 bits per heavy atom. The van der Waals surface area contributed by atoms with Gasteiger partial charge < -0.3 is 10.2 Å². The van der Waals surface area contributed by atoms with E-state index in [0.29, 0.717) is 5.69 Å². The normalized spacial score (nSPS) is 12.2. The predicted octanol–water partition coefficient (Wildman–Crippen LogP) is 4.27. The average molecular weight is 526 g/mol. The highest BCUT2D eigenvalue weighted by Crippen LogP contribution is 2.25. The summed E-state index contributed by atoms with van der Waals surface area (Å²) >= 11 is 0. The lowest BCUT2D eigenvalue weighted by Crippen LogP contribution is -2.52. The Balaban J connectivity index is 2.03. The van der Waals surface area contributed by atoms with Crippen molar-refractivity contribution in [2.45, 2.75) is 51.2 Å². The highest BCUT2D eigenvalue weighted by Gasteiger charge is 2.33. The molecule has 0 aliphatic rings. The largest absolute Gasteiger partial charge is 0.352 e. The van der Waals surface area contributed by atoms with Crippen molar-refractivity contribution in [1.29, 1.82) is 0 Å². The molecule has 3 rings (SSSR count). The summed E-state index contributed by atoms with van der Waals surface area (Å²) in [5, 5.41) is 2.77. The number of amides is 2. The van der Waals surface area contributed by atoms with E-state index in [0.717, 1.165) is 9.87 Å². The number of nitrogens with one attached hydrogen (secondary N) is 1. The van der Waals surface area contributed by atoms with Gasteiger partial charge in [-0.15, -0.1) is 0 Å². The van der Waals surface area contributed by atoms with Crippen molar-refractivity contribution in [1.82, 2.24) is 10.2 Å². The van der Waals surface area contributed by atoms with Crippen LogP contribution in [0.2, 0.25) is 0 Å². The third-order valence-electron chi connectivity index (χ3n) is 5.80. The van der Waals surface area contributed by atoms with Crippen molar-refractivity contribution in [3.8, 4) is 0 Å². The molecule has 0 spiro atoms. The quantitative estimate of drug-likeness (QED) is 0.428. The number of hydrogen-bond donors (Lipinski definition) is 1. The highest BCUT2D eigenvalue weighted by molar-refractivity contribution is 7.92. The van der Waals surface area contributed by atoms with Crippen LogP contribution in [-0.2, 0) is 26.2 Å². The minimum absolute atomic E-state index is 0.0237. The molecule has 0 saturated heterocycles. The number of hydrogen-bond acceptors (Lipinski definition) is 4. The molecule has 0 fully saturated rings. The second-order valence-corrected chi connectivity index (χ2v) is 11.0. The number of carbonyl (C=O) groups excluding carboxylic acids is 2. The maximum Gasteiger partial charge on any atom is 0.264 e. The van der Waals surface area contributed by atoms with E-state index >= 15 is 0 Å². The second-order valence-electron chi connectivity index (χ2n) is 9.12. The van der Waals surface area contributed by atoms with E-state index in [9.17, 15) is 22.4 Å². The van der Waals surface area contributed by atoms with Gasteiger partial charge in [0.1, 0.15) is 18.4 Å². The van der Waals surface area contributed by atoms with E-state index in [1.807, 2.05) is 13.0 Å². The van der Waals surface area contributed by atoms with Gasteiger partial charge >= 0.3 is 0 Å². The first-order valence-corrected chi connectivity index (χ1v) is 13.4. The summed E-state index contributed by atoms with van der Waals surface area (Å²) in [5.41, 5.74) is 1.33. The van der Waals surface area contributed by atoms with Gasteiger partial charge in [0.15, 0.2) is 0 Å². The van der Waals surface area contributed by atoms with Crippen LogP contribution < -0.4 is 9.62 Å². The summed E-state index contributed by atoms with van der Waals surface area (Å²) in [4.78, 5) is 27.8. The summed E-state index contributed by atoms with van der Waals surface area (Å²) in [7, 11) is -4.13. The highest BCUT2D eigenvalue weighted by atomic mass is 32.2. The fourth-order valence-electron chi connectivity index (χ4n) is 3.83. The van der Waals surface area contributed by atoms with Crippen LogP contribution in [0, 0.1) is 12.7 Å². The van der Waals surface area contributed by atoms with Crippen LogP contribution in [0.1, 0.15) is 31.9 Å². The van der Waals surface area contributed by atoms with Gasteiger partial charge in [-0.2, -0.15) is 0 Å². The molecule has 3 aromatic carbocycles. The van der Waals surface area contributed by atoms with E-state index in [2.05, 4.69) is 5.32 Å². The smallest absolute Gasteiger partial charge is 0.264 e. The summed E-state index contributed by atoms with van der Waals surface area (Å²) < 4.78 is 42.9. The van der Waals surface area contributed by atoms with Crippen LogP contribution >= 0.6 is 0 Å². The molecule has 0 aliphatic carbocycles. The predicted molar refractivity (Wildman–Crippen MR) is 142 cm³/mol. The first-order valence-electron chi connectivity index (χ1n) is 12.0. The Hall–Kier alpha value is -3.72. The summed E-state index contributed by atoms with van der Waals surface area (Å²) in [6.45, 7) is 6.17. The maximum atomic E-state index is 14.5. The Kier molecular flexibility index (Phi) is 9.04. The molecule has 1 N–H and O–H groups in total. The van der Waals surface area contributed by atoms with Crippen molar-refractivity contribution in [3.05, 3.63) is 95.8 Å². The van der Waals surface area contributed by atoms with Gasteiger partial charge in [-0.05, 0) is 63.6 Å². The Bertz CT molecular complexity index is 1350. The average Bonchev–Trinajstić information content (AvgIpc) is 2.86. The number of rotatable bonds is 10. The Morgan fingerprint density at radius 2 is 1.57 bits per heavy atom. The zero-order valence-electron chi connectivity index (χ0n) is 21.4. The fraction of sp³-hybridized carbons (Fsp3) is 0.286. The number of benzene rings is 3. The number of aryl methyl sites for hydroxylation is 1. The van der Waals surface area contributed by atoms with Gasteiger partial charge in [-0.25, -0.2) is 12.8 Å². The van der Waals surface area contributed by atoms with E-state index in [-0.39, 0.29) is 23.0 Å². The molecular formula is C28H32FN3O4S. The molecule has 1 atom stereocenters. The molecular weight excluding hydrogens is 493 g/mol. The lowest BCUT2D eigenvalue weighted by atomic mass is 10.1. The second kappa shape index (κ2) is 12.0. The minimum Gasteiger partial charge on any atom is -0.352 e. The van der Waals surface area contributed by atoms with Gasteiger partial charge in [-0.3, -0.25) is 13.9 Å². The van der Waals surface area contributed by atoms with Crippen molar-refractivity contribution in [3.63, 3.8) is 0 Å². The fourth-order valence-corrected chi connectivity index (χ4v) is 5.26. The summed E-state index contributed by atoms with van der Waals surface area (Å²) in [5.74, 6) is -1.59. The third kappa shape index (κ3) is 6.95. The van der Waals surface area contributed by atoms with E-state index in [4.69, 9.17) is 0 Å². The first kappa shape index (κ1) is 27.9. The molecule has 0 aromatic heterocycles. The van der Waals surface area contributed by atoms with Gasteiger partial charge in [-0.1, -0.05) is 48.5 Å². The van der Waals surface area contributed by atoms with Crippen LogP contribution in [0.15, 0.2) is 83.8 Å². The third-order valence-corrected chi connectivity index (χ3v) is 7.58. The molecule has 0 heterocycles. The molecule has 196 valence electrons. The van der Waals surface area contributed by atoms with Crippen LogP contribution in [0.3, 0.4) is 0 Å². The zero-order valence-corrected chi connectivity index (χ0v) is 22.2. The van der Waals surface area contributed by atoms with Crippen molar-refractivity contribution in [2.24, 2.45) is 0 Å². The number of halogens is 1. The molecule has 0 aliphatic heterocycles. The van der Waals surface area contributed by atoms with Gasteiger partial charge in [0.05, 0.1) is 10.6 Å². The van der Waals surface area contributed by atoms with Crippen LogP contribution in [0.4, 0.5) is 10.1 Å². The van der Waals surface area contributed by atoms with E-state index in [1.165, 1.54) is 35.2 Å². The topological polar surface area (TPSA) is 86.8 Å². The van der Waals surface area contributed by atoms with E-state index < -0.39 is 40.2 Å². The van der Waals surface area contributed by atoms with Gasteiger partial charge in [0, 0.05) is 18.2 Å². The minimum atomic E-state index is -4.13. The van der Waals surface area contributed by atoms with Crippen molar-refractivity contribution < 1.29 is 22.4 Å². The van der Waals surface area contributed by atoms with E-state index in [1.54, 1.807) is 63.2 Å². The maximum absolute atomic E-state index is 14.5. The van der Waals surface area contributed by atoms with Gasteiger partial charge in [0.2, 0.25) is 11.8 Å². The Morgan fingerprint density at radius 3 is 2.19 bits per heavy atom. The number of nitrogens with zero attached hydrogens (tertiary/aromatic N) is 2. The zero-order chi connectivity index (χ0) is 27.2. The van der Waals surface area contributed by atoms with Crippen LogP contribution in [0.25, 0.3) is 0 Å². The molecule has 9 heteroatoms. The van der Waals surface area contributed by atoms with Gasteiger partial charge in [0.25, 0.3) is 10.0 Å². The number of sulfonamides is 1. The molecule has 2 amide bonds. The molecule has 0 bridgehead atoms. The number of anilines is 1. The first-order chi connectivity index (χ1) is 17.5. The molecule has 3 aromatic rings. The number of carbonyl (C=O) groups is 2. The SMILES string of the molecule is Cc1cccc(N(CC(=O)N(Cc2ccccc2F)C(C)C(=O)NC(C)C)S(=O)(=O)c2ccccc2)c1. The van der Waals surface area contributed by atoms with Crippen LogP contribution in [0.5, 0.6) is 0 Å². The van der Waals surface area contributed by atoms with Crippen molar-refractivity contribution in [2.75, 3.05) is 10.8 Å². The van der Waals surface area contributed by atoms with Crippen molar-refractivity contribution >= 4 is 27.5 Å². The molecule has 7 nitrogen and oxygen atoms in total. The lowest BCUT2D eigenvalue weighted by molar-refractivity contribution is -0.139. The Labute approximate surface area is 218 Å². The monoisotopic (exact) mass is 525 g/mol.